The van der Waals surface area contributed by atoms with E-state index >= 15 is 0 Å². The molecule has 10 N–H and O–H groups in total. The van der Waals surface area contributed by atoms with Crippen molar-refractivity contribution in [3.05, 3.63) is 309 Å². The van der Waals surface area contributed by atoms with Gasteiger partial charge in [-0.15, -0.1) is 0 Å². The molecule has 5 aliphatic rings. The van der Waals surface area contributed by atoms with Crippen molar-refractivity contribution in [2.24, 2.45) is 0 Å². The minimum atomic E-state index is -0.372. The molecule has 15 heteroatoms. The SMILES string of the molecule is CC.CC.CO.CO.Cc1c(C)c2c(c(C)c1O)C(C)(C)c1c(C)c(O)c(C)c(C)c1O2.Cc1c(C)c2c(c(C)c1O)C(c1ccccc1)c1c(C)c(O)c(C)c(C)c1O2.Cc1c(C)c2c(c(C)c1O)Cc1c(C)c(O)c(C)c(C)c1O2.Cc1ccc(C2c3c(C)c(O)c(C)c(C)c3Oc3c(C)c(C)c(O)c(C)c32)cc1.c1ccc2c(c1)Cc1ccccc1O2. The second-order valence-corrected chi connectivity index (χ2v) is 33.7. The number of benzene rings is 12. The highest BCUT2D eigenvalue weighted by atomic mass is 16.5. The number of hydrogen-bond acceptors (Lipinski definition) is 15. The molecule has 0 unspecified atom stereocenters. The minimum absolute atomic E-state index is 0.115. The van der Waals surface area contributed by atoms with Crippen LogP contribution < -0.4 is 23.7 Å². The fraction of sp³-hybridized carbons (Fsp3) is 0.345. The third-order valence-electron chi connectivity index (χ3n) is 26.8. The van der Waals surface area contributed by atoms with Gasteiger partial charge in [0.15, 0.2) is 0 Å². The highest BCUT2D eigenvalue weighted by Gasteiger charge is 2.43. The van der Waals surface area contributed by atoms with Gasteiger partial charge in [0.05, 0.1) is 0 Å². The zero-order valence-corrected chi connectivity index (χ0v) is 79.9. The third kappa shape index (κ3) is 16.8. The van der Waals surface area contributed by atoms with E-state index in [0.717, 1.165) is 267 Å². The average molecular weight is 1690 g/mol. The Kier molecular flexibility index (Phi) is 29.9. The quantitative estimate of drug-likeness (QED) is 0.0773. The third-order valence-corrected chi connectivity index (χ3v) is 26.8. The molecule has 0 aliphatic carbocycles. The monoisotopic (exact) mass is 1690 g/mol. The lowest BCUT2D eigenvalue weighted by atomic mass is 9.70. The maximum Gasteiger partial charge on any atom is 0.135 e. The van der Waals surface area contributed by atoms with Crippen molar-refractivity contribution >= 4 is 0 Å². The van der Waals surface area contributed by atoms with E-state index in [0.29, 0.717) is 52.4 Å². The summed E-state index contributed by atoms with van der Waals surface area (Å²) in [6, 6.07) is 35.1. The second-order valence-electron chi connectivity index (χ2n) is 33.7. The smallest absolute Gasteiger partial charge is 0.135 e. The second kappa shape index (κ2) is 38.6. The highest BCUT2D eigenvalue weighted by molar-refractivity contribution is 5.77. The molecule has 5 heterocycles. The number of para-hydroxylation sites is 2. The summed E-state index contributed by atoms with van der Waals surface area (Å²) in [5.74, 6) is 11.0. The van der Waals surface area contributed by atoms with Crippen LogP contribution in [-0.4, -0.2) is 65.3 Å². The van der Waals surface area contributed by atoms with E-state index in [4.69, 9.17) is 33.9 Å². The fourth-order valence-corrected chi connectivity index (χ4v) is 18.3. The van der Waals surface area contributed by atoms with Crippen LogP contribution in [0.3, 0.4) is 0 Å². The molecule has 17 rings (SSSR count). The van der Waals surface area contributed by atoms with Crippen LogP contribution in [-0.2, 0) is 18.3 Å². The van der Waals surface area contributed by atoms with Gasteiger partial charge in [0.1, 0.15) is 103 Å². The molecule has 0 saturated carbocycles. The van der Waals surface area contributed by atoms with Crippen LogP contribution in [0, 0.1) is 173 Å². The number of aryl methyl sites for hydroxylation is 1. The molecule has 0 amide bonds. The maximum absolute atomic E-state index is 10.8. The number of aromatic hydroxyl groups is 8. The number of phenolic OH excluding ortho intramolecular Hbond substituents is 8. The molecule has 0 spiro atoms. The maximum atomic E-state index is 10.8. The molecular weight excluding hydrogens is 1560 g/mol. The normalized spacial score (nSPS) is 12.6. The number of hydrogen-bond donors (Lipinski definition) is 10. The predicted molar refractivity (Wildman–Crippen MR) is 508 cm³/mol. The zero-order chi connectivity index (χ0) is 93.4. The first-order valence-electron chi connectivity index (χ1n) is 43.3. The zero-order valence-electron chi connectivity index (χ0n) is 79.9. The van der Waals surface area contributed by atoms with Crippen molar-refractivity contribution < 1.29 is 74.7 Å². The lowest BCUT2D eigenvalue weighted by Gasteiger charge is -2.39. The molecular formula is C110H132O15. The topological polar surface area (TPSA) is 248 Å². The number of ether oxygens (including phenoxy) is 5. The molecule has 0 fully saturated rings. The van der Waals surface area contributed by atoms with Gasteiger partial charge in [-0.1, -0.05) is 138 Å². The molecule has 0 bridgehead atoms. The molecule has 0 saturated heterocycles. The number of rotatable bonds is 2. The first-order chi connectivity index (χ1) is 59.1. The molecule has 12 aromatic carbocycles. The van der Waals surface area contributed by atoms with Crippen LogP contribution in [0.1, 0.15) is 259 Å². The van der Waals surface area contributed by atoms with Crippen LogP contribution in [0.5, 0.6) is 103 Å². The van der Waals surface area contributed by atoms with Crippen molar-refractivity contribution in [3.8, 4) is 103 Å². The van der Waals surface area contributed by atoms with Gasteiger partial charge in [0, 0.05) is 88.8 Å². The van der Waals surface area contributed by atoms with Crippen molar-refractivity contribution in [1.29, 1.82) is 0 Å². The standard InChI is InChI=1S/C26H28O3.C25H26O3.C21H26O3.C19H22O3.C13H10O.2C2H6.2CH4O/c1-12-8-10-19(11-9-12)22-20-17(6)23(27)13(2)15(4)25(20)29-26-16(5)14(3)24(28)18(7)21(22)26;1-12-14(3)24-19(16(5)22(12)26)21(18-10-8-7-9-11-18)20-17(6)23(27)13(2)15(4)25(20)28-24;1-9-11(3)19-15(13(5)17(9)22)21(7,8)16-14(6)18(23)10(2)12(4)20(16)24-19;1-8-10(3)18-14(12(5)16(8)20)7-15-13(6)17(21)9(2)11(4)19(15)22-18;1-3-7-12-10(5-1)9-11-6-2-4-8-13(11)14-12;4*1-2/h8-11,22,27-28H,1-7H3;7-11,21,26-27H,1-6H3;22-23H,1-8H3;20-21H,7H2,1-6H3;1-8H,9H2;2*1-2H3;2*2H,1H3. The summed E-state index contributed by atoms with van der Waals surface area (Å²) < 4.78 is 31.4. The summed E-state index contributed by atoms with van der Waals surface area (Å²) >= 11 is 0. The van der Waals surface area contributed by atoms with Gasteiger partial charge >= 0.3 is 0 Å². The lowest BCUT2D eigenvalue weighted by molar-refractivity contribution is 0.393. The van der Waals surface area contributed by atoms with Crippen LogP contribution in [0.2, 0.25) is 0 Å². The minimum Gasteiger partial charge on any atom is -0.507 e. The molecule has 12 aromatic rings. The molecule has 125 heavy (non-hydrogen) atoms. The Labute approximate surface area is 741 Å². The Morgan fingerprint density at radius 2 is 0.464 bits per heavy atom. The first kappa shape index (κ1) is 96.8. The van der Waals surface area contributed by atoms with E-state index in [1.165, 1.54) is 16.7 Å². The summed E-state index contributed by atoms with van der Waals surface area (Å²) in [4.78, 5) is 0. The Hall–Kier alpha value is -12.0. The summed E-state index contributed by atoms with van der Waals surface area (Å²) in [5, 5.41) is 98.9. The summed E-state index contributed by atoms with van der Waals surface area (Å²) in [5.41, 5.74) is 34.8. The van der Waals surface area contributed by atoms with E-state index < -0.39 is 0 Å². The molecule has 0 atom stereocenters. The van der Waals surface area contributed by atoms with Gasteiger partial charge in [-0.05, 0) is 341 Å². The Morgan fingerprint density at radius 1 is 0.232 bits per heavy atom. The van der Waals surface area contributed by atoms with Gasteiger partial charge < -0.3 is 74.7 Å². The molecule has 662 valence electrons. The average Bonchev–Trinajstić information content (AvgIpc) is 0.719. The number of aliphatic hydroxyl groups excluding tert-OH is 2. The summed E-state index contributed by atoms with van der Waals surface area (Å²) in [6.45, 7) is 61.2. The van der Waals surface area contributed by atoms with Crippen molar-refractivity contribution in [2.45, 2.75) is 245 Å². The van der Waals surface area contributed by atoms with Crippen LogP contribution in [0.4, 0.5) is 0 Å². The Balaban J connectivity index is 0.000000176. The van der Waals surface area contributed by atoms with Gasteiger partial charge in [0.25, 0.3) is 0 Å². The van der Waals surface area contributed by atoms with Crippen LogP contribution in [0.15, 0.2) is 103 Å². The lowest BCUT2D eigenvalue weighted by Crippen LogP contribution is -2.28. The largest absolute Gasteiger partial charge is 0.507 e. The number of fused-ring (bicyclic) bond motifs is 10. The number of aliphatic hydroxyl groups is 2. The van der Waals surface area contributed by atoms with Crippen LogP contribution >= 0.6 is 0 Å². The Morgan fingerprint density at radius 3 is 0.768 bits per heavy atom. The van der Waals surface area contributed by atoms with Gasteiger partial charge in [-0.25, -0.2) is 0 Å². The molecule has 15 nitrogen and oxygen atoms in total. The van der Waals surface area contributed by atoms with Crippen molar-refractivity contribution in [1.82, 2.24) is 0 Å². The van der Waals surface area contributed by atoms with Gasteiger partial charge in [-0.2, -0.15) is 0 Å². The van der Waals surface area contributed by atoms with E-state index in [1.807, 2.05) is 236 Å². The van der Waals surface area contributed by atoms with Gasteiger partial charge in [-0.3, -0.25) is 0 Å². The molecule has 0 aromatic heterocycles. The van der Waals surface area contributed by atoms with Crippen molar-refractivity contribution in [3.63, 3.8) is 0 Å². The number of phenols is 8. The first-order valence-corrected chi connectivity index (χ1v) is 43.3. The van der Waals surface area contributed by atoms with E-state index in [1.54, 1.807) is 0 Å². The van der Waals surface area contributed by atoms with Gasteiger partial charge in [0.2, 0.25) is 0 Å². The summed E-state index contributed by atoms with van der Waals surface area (Å²) in [7, 11) is 2.00. The molecule has 0 radical (unpaired) electrons. The van der Waals surface area contributed by atoms with E-state index in [9.17, 15) is 40.9 Å². The fourth-order valence-electron chi connectivity index (χ4n) is 18.3. The van der Waals surface area contributed by atoms with E-state index in [-0.39, 0.29) is 17.3 Å². The summed E-state index contributed by atoms with van der Waals surface area (Å²) in [6.07, 6.45) is 1.65. The van der Waals surface area contributed by atoms with E-state index in [2.05, 4.69) is 81.4 Å². The van der Waals surface area contributed by atoms with Crippen LogP contribution in [0.25, 0.3) is 0 Å². The molecule has 5 aliphatic heterocycles. The Bertz CT molecular complexity index is 5720. The predicted octanol–water partition coefficient (Wildman–Crippen LogP) is 27.5. The van der Waals surface area contributed by atoms with Crippen molar-refractivity contribution in [2.75, 3.05) is 14.2 Å². The highest BCUT2D eigenvalue weighted by Crippen LogP contribution is 2.61.